The summed E-state index contributed by atoms with van der Waals surface area (Å²) in [5, 5.41) is -0.484. The van der Waals surface area contributed by atoms with E-state index < -0.39 is 34.6 Å². The van der Waals surface area contributed by atoms with Crippen molar-refractivity contribution in [3.8, 4) is 11.3 Å². The van der Waals surface area contributed by atoms with Crippen LogP contribution in [-0.2, 0) is 12.4 Å². The predicted octanol–water partition coefficient (Wildman–Crippen LogP) is 5.79. The zero-order valence-corrected chi connectivity index (χ0v) is 15.1. The first-order chi connectivity index (χ1) is 14.0. The summed E-state index contributed by atoms with van der Waals surface area (Å²) in [7, 11) is 0. The first-order valence-electron chi connectivity index (χ1n) is 8.54. The average molecular weight is 423 g/mol. The Bertz CT molecular complexity index is 1290. The van der Waals surface area contributed by atoms with Crippen molar-refractivity contribution >= 4 is 22.5 Å². The minimum absolute atomic E-state index is 0.00637. The molecule has 0 N–H and O–H groups in total. The number of pyridine rings is 2. The van der Waals surface area contributed by atoms with E-state index in [4.69, 9.17) is 0 Å². The molecule has 0 saturated carbocycles. The quantitative estimate of drug-likeness (QED) is 0.303. The maximum absolute atomic E-state index is 13.5. The van der Waals surface area contributed by atoms with Crippen molar-refractivity contribution in [1.82, 2.24) is 14.4 Å². The van der Waals surface area contributed by atoms with Crippen LogP contribution in [0, 0.1) is 0 Å². The standard InChI is InChI=1S/C20H11F6N3O/c1-10(30)11-2-4-12(5-3-11)15-9-27-17-7-6-13-14(19(21,22)23)8-16(20(24,25)26)28-18(13)29(15)17/h2-9H,1H3. The Labute approximate surface area is 164 Å². The van der Waals surface area contributed by atoms with E-state index in [2.05, 4.69) is 9.97 Å². The number of benzene rings is 1. The second-order valence-corrected chi connectivity index (χ2v) is 6.59. The van der Waals surface area contributed by atoms with Gasteiger partial charge in [0, 0.05) is 16.5 Å². The van der Waals surface area contributed by atoms with Crippen LogP contribution in [0.15, 0.2) is 48.7 Å². The van der Waals surface area contributed by atoms with E-state index in [9.17, 15) is 31.1 Å². The van der Waals surface area contributed by atoms with E-state index >= 15 is 0 Å². The highest BCUT2D eigenvalue weighted by atomic mass is 19.4. The zero-order valence-electron chi connectivity index (χ0n) is 15.1. The lowest BCUT2D eigenvalue weighted by molar-refractivity contribution is -0.144. The number of carbonyl (C=O) groups excluding carboxylic acids is 1. The molecule has 0 amide bonds. The molecule has 0 saturated heterocycles. The van der Waals surface area contributed by atoms with Crippen molar-refractivity contribution in [2.45, 2.75) is 19.3 Å². The molecule has 0 unspecified atom stereocenters. The number of nitrogens with zero attached hydrogens (tertiary/aromatic N) is 3. The summed E-state index contributed by atoms with van der Waals surface area (Å²) >= 11 is 0. The Hall–Kier alpha value is -3.43. The van der Waals surface area contributed by atoms with Gasteiger partial charge in [-0.15, -0.1) is 0 Å². The van der Waals surface area contributed by atoms with Gasteiger partial charge in [-0.3, -0.25) is 9.20 Å². The second-order valence-electron chi connectivity index (χ2n) is 6.59. The average Bonchev–Trinajstić information content (AvgIpc) is 3.10. The second kappa shape index (κ2) is 6.54. The van der Waals surface area contributed by atoms with Gasteiger partial charge >= 0.3 is 12.4 Å². The normalized spacial score (nSPS) is 12.6. The largest absolute Gasteiger partial charge is 0.433 e. The number of hydrogen-bond acceptors (Lipinski definition) is 3. The van der Waals surface area contributed by atoms with Crippen LogP contribution in [0.4, 0.5) is 26.3 Å². The fraction of sp³-hybridized carbons (Fsp3) is 0.150. The molecular weight excluding hydrogens is 412 g/mol. The van der Waals surface area contributed by atoms with Crippen molar-refractivity contribution in [1.29, 1.82) is 0 Å². The molecule has 0 bridgehead atoms. The lowest BCUT2D eigenvalue weighted by atomic mass is 10.1. The third-order valence-corrected chi connectivity index (χ3v) is 4.62. The molecule has 0 radical (unpaired) electrons. The summed E-state index contributed by atoms with van der Waals surface area (Å²) in [6.45, 7) is 1.37. The van der Waals surface area contributed by atoms with Crippen LogP contribution in [0.1, 0.15) is 28.5 Å². The summed E-state index contributed by atoms with van der Waals surface area (Å²) in [4.78, 5) is 19.0. The van der Waals surface area contributed by atoms with Gasteiger partial charge in [0.1, 0.15) is 17.0 Å². The molecule has 0 aliphatic heterocycles. The summed E-state index contributed by atoms with van der Waals surface area (Å²) in [5.41, 5.74) is -2.37. The molecule has 4 nitrogen and oxygen atoms in total. The molecule has 154 valence electrons. The van der Waals surface area contributed by atoms with E-state index in [1.165, 1.54) is 43.5 Å². The zero-order chi connectivity index (χ0) is 21.8. The highest BCUT2D eigenvalue weighted by Crippen LogP contribution is 2.39. The molecule has 3 aromatic heterocycles. The van der Waals surface area contributed by atoms with E-state index in [0.717, 1.165) is 10.5 Å². The highest BCUT2D eigenvalue weighted by Gasteiger charge is 2.39. The summed E-state index contributed by atoms with van der Waals surface area (Å²) in [6.07, 6.45) is -8.76. The third-order valence-electron chi connectivity index (χ3n) is 4.62. The topological polar surface area (TPSA) is 47.3 Å². The van der Waals surface area contributed by atoms with Gasteiger partial charge in [0.2, 0.25) is 0 Å². The summed E-state index contributed by atoms with van der Waals surface area (Å²) < 4.78 is 81.5. The molecule has 0 aliphatic carbocycles. The number of fused-ring (bicyclic) bond motifs is 3. The van der Waals surface area contributed by atoms with Crippen LogP contribution in [0.3, 0.4) is 0 Å². The van der Waals surface area contributed by atoms with Crippen molar-refractivity contribution in [2.24, 2.45) is 0 Å². The van der Waals surface area contributed by atoms with Crippen LogP contribution in [-0.4, -0.2) is 20.2 Å². The molecule has 10 heteroatoms. The lowest BCUT2D eigenvalue weighted by Crippen LogP contribution is -2.14. The van der Waals surface area contributed by atoms with Gasteiger partial charge < -0.3 is 0 Å². The fourth-order valence-electron chi connectivity index (χ4n) is 3.20. The Morgan fingerprint density at radius 1 is 0.933 bits per heavy atom. The minimum Gasteiger partial charge on any atom is -0.295 e. The van der Waals surface area contributed by atoms with E-state index in [1.807, 2.05) is 0 Å². The van der Waals surface area contributed by atoms with Crippen LogP contribution >= 0.6 is 0 Å². The number of aromatic nitrogens is 3. The number of ketones is 1. The predicted molar refractivity (Wildman–Crippen MR) is 95.9 cm³/mol. The first-order valence-corrected chi connectivity index (χ1v) is 8.54. The van der Waals surface area contributed by atoms with Crippen molar-refractivity contribution in [2.75, 3.05) is 0 Å². The van der Waals surface area contributed by atoms with Crippen molar-refractivity contribution < 1.29 is 31.1 Å². The van der Waals surface area contributed by atoms with Crippen LogP contribution in [0.2, 0.25) is 0 Å². The minimum atomic E-state index is -5.07. The summed E-state index contributed by atoms with van der Waals surface area (Å²) in [6, 6.07) is 8.44. The molecule has 0 aliphatic rings. The highest BCUT2D eigenvalue weighted by molar-refractivity contribution is 5.94. The first kappa shape index (κ1) is 19.9. The molecule has 30 heavy (non-hydrogen) atoms. The molecule has 0 fully saturated rings. The van der Waals surface area contributed by atoms with Crippen LogP contribution < -0.4 is 0 Å². The SMILES string of the molecule is CC(=O)c1ccc(-c2cnc3ccc4c(C(F)(F)F)cc(C(F)(F)F)nc4n23)cc1. The van der Waals surface area contributed by atoms with Crippen LogP contribution in [0.25, 0.3) is 27.9 Å². The molecule has 4 rings (SSSR count). The van der Waals surface area contributed by atoms with E-state index in [0.29, 0.717) is 11.1 Å². The number of carbonyl (C=O) groups is 1. The van der Waals surface area contributed by atoms with Crippen LogP contribution in [0.5, 0.6) is 0 Å². The van der Waals surface area contributed by atoms with Gasteiger partial charge in [-0.05, 0) is 25.1 Å². The maximum Gasteiger partial charge on any atom is 0.433 e. The van der Waals surface area contributed by atoms with Gasteiger partial charge in [-0.25, -0.2) is 9.97 Å². The van der Waals surface area contributed by atoms with E-state index in [1.54, 1.807) is 0 Å². The fourth-order valence-corrected chi connectivity index (χ4v) is 3.20. The van der Waals surface area contributed by atoms with Gasteiger partial charge in [0.25, 0.3) is 0 Å². The smallest absolute Gasteiger partial charge is 0.295 e. The number of halogens is 6. The van der Waals surface area contributed by atoms with Gasteiger partial charge in [-0.2, -0.15) is 26.3 Å². The Morgan fingerprint density at radius 3 is 2.17 bits per heavy atom. The Kier molecular flexibility index (Phi) is 4.33. The number of imidazole rings is 1. The lowest BCUT2D eigenvalue weighted by Gasteiger charge is -2.15. The van der Waals surface area contributed by atoms with Gasteiger partial charge in [0.15, 0.2) is 5.78 Å². The molecule has 1 aromatic carbocycles. The molecule has 4 aromatic rings. The maximum atomic E-state index is 13.5. The Balaban J connectivity index is 2.08. The molecular formula is C20H11F6N3O. The summed E-state index contributed by atoms with van der Waals surface area (Å²) in [5.74, 6) is -0.184. The molecule has 3 heterocycles. The number of rotatable bonds is 2. The number of alkyl halides is 6. The van der Waals surface area contributed by atoms with Gasteiger partial charge in [-0.1, -0.05) is 24.3 Å². The Morgan fingerprint density at radius 2 is 1.60 bits per heavy atom. The van der Waals surface area contributed by atoms with E-state index in [-0.39, 0.29) is 23.2 Å². The number of Topliss-reactive ketones (excluding diaryl/α,β-unsaturated/α-hetero) is 1. The number of hydrogen-bond donors (Lipinski definition) is 0. The monoisotopic (exact) mass is 423 g/mol. The molecule has 0 spiro atoms. The third kappa shape index (κ3) is 3.27. The molecule has 0 atom stereocenters. The van der Waals surface area contributed by atoms with Crippen molar-refractivity contribution in [3.05, 3.63) is 65.5 Å². The van der Waals surface area contributed by atoms with Gasteiger partial charge in [0.05, 0.1) is 17.5 Å². The van der Waals surface area contributed by atoms with Crippen molar-refractivity contribution in [3.63, 3.8) is 0 Å².